The lowest BCUT2D eigenvalue weighted by molar-refractivity contribution is 0.0697. The highest BCUT2D eigenvalue weighted by Gasteiger charge is 2.33. The van der Waals surface area contributed by atoms with Crippen molar-refractivity contribution in [3.05, 3.63) is 29.6 Å². The van der Waals surface area contributed by atoms with E-state index >= 15 is 0 Å². The standard InChI is InChI=1S/C15H18N2O4/c1-21-8-10(7-18)17-13-11(15(19)20)3-2-4-12(13)16-14(17)9-5-6-9/h2-4,9-10,18H,5-8H2,1H3,(H,19,20). The van der Waals surface area contributed by atoms with Gasteiger partial charge in [0.15, 0.2) is 0 Å². The molecule has 0 bridgehead atoms. The maximum absolute atomic E-state index is 11.5. The molecule has 1 aromatic heterocycles. The van der Waals surface area contributed by atoms with E-state index in [1.807, 2.05) is 10.6 Å². The zero-order valence-electron chi connectivity index (χ0n) is 11.8. The summed E-state index contributed by atoms with van der Waals surface area (Å²) in [5, 5.41) is 19.1. The first kappa shape index (κ1) is 14.0. The number of nitrogens with zero attached hydrogens (tertiary/aromatic N) is 2. The summed E-state index contributed by atoms with van der Waals surface area (Å²) < 4.78 is 7.03. The second-order valence-electron chi connectivity index (χ2n) is 5.38. The molecule has 1 unspecified atom stereocenters. The highest BCUT2D eigenvalue weighted by Crippen LogP contribution is 2.42. The highest BCUT2D eigenvalue weighted by molar-refractivity contribution is 6.01. The number of imidazole rings is 1. The minimum absolute atomic E-state index is 0.118. The van der Waals surface area contributed by atoms with Crippen LogP contribution in [0.15, 0.2) is 18.2 Å². The van der Waals surface area contributed by atoms with E-state index in [-0.39, 0.29) is 18.2 Å². The topological polar surface area (TPSA) is 84.6 Å². The molecule has 1 aliphatic carbocycles. The lowest BCUT2D eigenvalue weighted by Gasteiger charge is -2.19. The summed E-state index contributed by atoms with van der Waals surface area (Å²) in [7, 11) is 1.57. The van der Waals surface area contributed by atoms with Crippen LogP contribution in [-0.2, 0) is 4.74 Å². The molecule has 1 aliphatic rings. The third-order valence-corrected chi connectivity index (χ3v) is 3.85. The molecule has 6 heteroatoms. The van der Waals surface area contributed by atoms with Crippen LogP contribution in [0.2, 0.25) is 0 Å². The van der Waals surface area contributed by atoms with Crippen LogP contribution in [0.25, 0.3) is 11.0 Å². The van der Waals surface area contributed by atoms with Crippen LogP contribution in [0, 0.1) is 0 Å². The molecule has 0 amide bonds. The predicted molar refractivity (Wildman–Crippen MR) is 76.7 cm³/mol. The van der Waals surface area contributed by atoms with E-state index < -0.39 is 5.97 Å². The van der Waals surface area contributed by atoms with Crippen LogP contribution in [0.1, 0.15) is 41.0 Å². The van der Waals surface area contributed by atoms with E-state index in [0.717, 1.165) is 18.7 Å². The van der Waals surface area contributed by atoms with Gasteiger partial charge >= 0.3 is 5.97 Å². The molecule has 1 saturated carbocycles. The van der Waals surface area contributed by atoms with Crippen molar-refractivity contribution in [2.45, 2.75) is 24.8 Å². The second-order valence-corrected chi connectivity index (χ2v) is 5.38. The molecule has 2 aromatic rings. The molecular weight excluding hydrogens is 272 g/mol. The molecule has 0 saturated heterocycles. The number of methoxy groups -OCH3 is 1. The van der Waals surface area contributed by atoms with Crippen molar-refractivity contribution in [1.82, 2.24) is 9.55 Å². The van der Waals surface area contributed by atoms with E-state index in [2.05, 4.69) is 4.98 Å². The first-order valence-corrected chi connectivity index (χ1v) is 7.01. The van der Waals surface area contributed by atoms with Crippen LogP contribution in [0.5, 0.6) is 0 Å². The van der Waals surface area contributed by atoms with E-state index in [1.54, 1.807) is 19.2 Å². The Kier molecular flexibility index (Phi) is 3.65. The van der Waals surface area contributed by atoms with Gasteiger partial charge in [-0.15, -0.1) is 0 Å². The van der Waals surface area contributed by atoms with Crippen LogP contribution in [0.3, 0.4) is 0 Å². The Bertz CT molecular complexity index is 676. The largest absolute Gasteiger partial charge is 0.478 e. The Labute approximate surface area is 122 Å². The summed E-state index contributed by atoms with van der Waals surface area (Å²) in [6.45, 7) is 0.197. The Hall–Kier alpha value is -1.92. The normalized spacial score (nSPS) is 16.3. The maximum Gasteiger partial charge on any atom is 0.337 e. The summed E-state index contributed by atoms with van der Waals surface area (Å²) in [5.74, 6) is 0.220. The highest BCUT2D eigenvalue weighted by atomic mass is 16.5. The summed E-state index contributed by atoms with van der Waals surface area (Å²) in [6, 6.07) is 4.76. The van der Waals surface area contributed by atoms with Crippen molar-refractivity contribution >= 4 is 17.0 Å². The van der Waals surface area contributed by atoms with E-state index in [4.69, 9.17) is 4.74 Å². The number of carboxylic acid groups (broad SMARTS) is 1. The third kappa shape index (κ3) is 2.41. The fraction of sp³-hybridized carbons (Fsp3) is 0.467. The molecule has 1 atom stereocenters. The number of fused-ring (bicyclic) bond motifs is 1. The molecular formula is C15H18N2O4. The molecule has 2 N–H and O–H groups in total. The van der Waals surface area contributed by atoms with Crippen molar-refractivity contribution < 1.29 is 19.7 Å². The van der Waals surface area contributed by atoms with Gasteiger partial charge < -0.3 is 19.5 Å². The number of aromatic carboxylic acids is 1. The van der Waals surface area contributed by atoms with E-state index in [9.17, 15) is 15.0 Å². The van der Waals surface area contributed by atoms with Crippen molar-refractivity contribution in [1.29, 1.82) is 0 Å². The van der Waals surface area contributed by atoms with Gasteiger partial charge in [-0.2, -0.15) is 0 Å². The number of carbonyl (C=O) groups is 1. The Morgan fingerprint density at radius 2 is 2.29 bits per heavy atom. The zero-order chi connectivity index (χ0) is 15.0. The molecule has 1 heterocycles. The summed E-state index contributed by atoms with van der Waals surface area (Å²) in [4.78, 5) is 16.1. The molecule has 21 heavy (non-hydrogen) atoms. The summed E-state index contributed by atoms with van der Waals surface area (Å²) in [5.41, 5.74) is 1.44. The molecule has 1 aromatic carbocycles. The van der Waals surface area contributed by atoms with Gasteiger partial charge in [0.2, 0.25) is 0 Å². The SMILES string of the molecule is COCC(CO)n1c(C2CC2)nc2cccc(C(=O)O)c21. The van der Waals surface area contributed by atoms with Gasteiger partial charge in [-0.25, -0.2) is 9.78 Å². The monoisotopic (exact) mass is 290 g/mol. The Morgan fingerprint density at radius 1 is 1.52 bits per heavy atom. The van der Waals surface area contributed by atoms with Gasteiger partial charge in [0.1, 0.15) is 5.82 Å². The van der Waals surface area contributed by atoms with Gasteiger partial charge in [-0.05, 0) is 25.0 Å². The average molecular weight is 290 g/mol. The van der Waals surface area contributed by atoms with E-state index in [1.165, 1.54) is 0 Å². The van der Waals surface area contributed by atoms with Crippen LogP contribution >= 0.6 is 0 Å². The molecule has 112 valence electrons. The molecule has 0 aliphatic heterocycles. The number of hydrogen-bond donors (Lipinski definition) is 2. The molecule has 1 fully saturated rings. The number of carboxylic acids is 1. The van der Waals surface area contributed by atoms with E-state index in [0.29, 0.717) is 23.6 Å². The summed E-state index contributed by atoms with van der Waals surface area (Å²) >= 11 is 0. The van der Waals surface area contributed by atoms with Crippen LogP contribution < -0.4 is 0 Å². The fourth-order valence-electron chi connectivity index (χ4n) is 2.74. The quantitative estimate of drug-likeness (QED) is 0.847. The average Bonchev–Trinajstić information content (AvgIpc) is 3.25. The summed E-state index contributed by atoms with van der Waals surface area (Å²) in [6.07, 6.45) is 2.10. The number of para-hydroxylation sites is 1. The van der Waals surface area contributed by atoms with Crippen LogP contribution in [-0.4, -0.2) is 46.1 Å². The minimum atomic E-state index is -0.988. The van der Waals surface area contributed by atoms with Crippen molar-refractivity contribution in [2.75, 3.05) is 20.3 Å². The zero-order valence-corrected chi connectivity index (χ0v) is 11.8. The number of aromatic nitrogens is 2. The van der Waals surface area contributed by atoms with Crippen molar-refractivity contribution in [3.8, 4) is 0 Å². The van der Waals surface area contributed by atoms with Gasteiger partial charge in [0.25, 0.3) is 0 Å². The number of rotatable bonds is 6. The lowest BCUT2D eigenvalue weighted by atomic mass is 10.1. The smallest absolute Gasteiger partial charge is 0.337 e. The second kappa shape index (κ2) is 5.46. The first-order chi connectivity index (χ1) is 10.2. The molecule has 0 radical (unpaired) electrons. The van der Waals surface area contributed by atoms with Gasteiger partial charge in [0, 0.05) is 13.0 Å². The van der Waals surface area contributed by atoms with Crippen molar-refractivity contribution in [2.24, 2.45) is 0 Å². The molecule has 0 spiro atoms. The minimum Gasteiger partial charge on any atom is -0.478 e. The lowest BCUT2D eigenvalue weighted by Crippen LogP contribution is -2.21. The number of ether oxygens (including phenoxy) is 1. The Morgan fingerprint density at radius 3 is 2.86 bits per heavy atom. The van der Waals surface area contributed by atoms with Crippen LogP contribution in [0.4, 0.5) is 0 Å². The fourth-order valence-corrected chi connectivity index (χ4v) is 2.74. The first-order valence-electron chi connectivity index (χ1n) is 7.01. The predicted octanol–water partition coefficient (Wildman–Crippen LogP) is 1.79. The molecule has 3 rings (SSSR count). The number of aliphatic hydroxyl groups excluding tert-OH is 1. The maximum atomic E-state index is 11.5. The van der Waals surface area contributed by atoms with Gasteiger partial charge in [0.05, 0.1) is 35.9 Å². The number of benzene rings is 1. The number of hydrogen-bond acceptors (Lipinski definition) is 4. The third-order valence-electron chi connectivity index (χ3n) is 3.85. The van der Waals surface area contributed by atoms with Crippen molar-refractivity contribution in [3.63, 3.8) is 0 Å². The Balaban J connectivity index is 2.26. The van der Waals surface area contributed by atoms with Gasteiger partial charge in [-0.1, -0.05) is 6.07 Å². The molecule has 6 nitrogen and oxygen atoms in total. The van der Waals surface area contributed by atoms with Gasteiger partial charge in [-0.3, -0.25) is 0 Å². The number of aliphatic hydroxyl groups is 1.